The Labute approximate surface area is 132 Å². The van der Waals surface area contributed by atoms with Crippen LogP contribution < -0.4 is 0 Å². The first-order valence-electron chi connectivity index (χ1n) is 7.51. The van der Waals surface area contributed by atoms with E-state index in [9.17, 15) is 14.4 Å². The minimum atomic E-state index is -0.274. The van der Waals surface area contributed by atoms with Gasteiger partial charge in [0.15, 0.2) is 0 Å². The number of fused-ring (bicyclic) bond motifs is 3. The van der Waals surface area contributed by atoms with E-state index in [1.807, 2.05) is 48.5 Å². The van der Waals surface area contributed by atoms with E-state index in [-0.39, 0.29) is 37.1 Å². The molecule has 0 aliphatic carbocycles. The fourth-order valence-electron chi connectivity index (χ4n) is 3.20. The summed E-state index contributed by atoms with van der Waals surface area (Å²) in [5.41, 5.74) is 1.58. The van der Waals surface area contributed by atoms with E-state index in [1.165, 1.54) is 0 Å². The summed E-state index contributed by atoms with van der Waals surface area (Å²) in [5.74, 6) is -0.820. The second-order valence-corrected chi connectivity index (χ2v) is 5.64. The lowest BCUT2D eigenvalue weighted by Crippen LogP contribution is -2.36. The Morgan fingerprint density at radius 2 is 1.30 bits per heavy atom. The molecule has 5 nitrogen and oxygen atoms in total. The van der Waals surface area contributed by atoms with Crippen molar-refractivity contribution >= 4 is 39.5 Å². The van der Waals surface area contributed by atoms with E-state index in [0.29, 0.717) is 0 Å². The number of rotatable bonds is 2. The number of likely N-dealkylation sites (tertiary alicyclic amines) is 1. The SMILES string of the molecule is O=C1CCC(=O)N1CC(=O)n1c2ccccc2c2ccccc21. The van der Waals surface area contributed by atoms with Crippen LogP contribution in [0.4, 0.5) is 0 Å². The summed E-state index contributed by atoms with van der Waals surface area (Å²) in [6, 6.07) is 15.3. The number of amides is 2. The van der Waals surface area contributed by atoms with Gasteiger partial charge in [-0.1, -0.05) is 36.4 Å². The van der Waals surface area contributed by atoms with Gasteiger partial charge in [0, 0.05) is 23.6 Å². The quantitative estimate of drug-likeness (QED) is 0.684. The van der Waals surface area contributed by atoms with Crippen LogP contribution in [0.3, 0.4) is 0 Å². The zero-order valence-electron chi connectivity index (χ0n) is 12.4. The minimum Gasteiger partial charge on any atom is -0.278 e. The van der Waals surface area contributed by atoms with Gasteiger partial charge in [-0.2, -0.15) is 0 Å². The van der Waals surface area contributed by atoms with E-state index in [0.717, 1.165) is 26.7 Å². The fraction of sp³-hybridized carbons (Fsp3) is 0.167. The summed E-state index contributed by atoms with van der Waals surface area (Å²) in [5, 5.41) is 1.96. The molecule has 3 aromatic rings. The maximum Gasteiger partial charge on any atom is 0.251 e. The zero-order chi connectivity index (χ0) is 16.0. The second-order valence-electron chi connectivity index (χ2n) is 5.64. The molecule has 1 aliphatic rings. The van der Waals surface area contributed by atoms with Crippen molar-refractivity contribution in [2.45, 2.75) is 12.8 Å². The number of imide groups is 1. The smallest absolute Gasteiger partial charge is 0.251 e. The number of carbonyl (C=O) groups excluding carboxylic acids is 3. The third-order valence-corrected chi connectivity index (χ3v) is 4.28. The van der Waals surface area contributed by atoms with Crippen LogP contribution in [-0.2, 0) is 9.59 Å². The van der Waals surface area contributed by atoms with E-state index in [1.54, 1.807) is 4.57 Å². The number of para-hydroxylation sites is 2. The van der Waals surface area contributed by atoms with Crippen LogP contribution in [-0.4, -0.2) is 33.7 Å². The molecule has 5 heteroatoms. The van der Waals surface area contributed by atoms with Crippen molar-refractivity contribution in [2.75, 3.05) is 6.54 Å². The molecule has 0 spiro atoms. The third kappa shape index (κ3) is 2.04. The van der Waals surface area contributed by atoms with Crippen molar-refractivity contribution in [1.29, 1.82) is 0 Å². The molecule has 2 amide bonds. The summed E-state index contributed by atoms with van der Waals surface area (Å²) in [6.07, 6.45) is 0.387. The highest BCUT2D eigenvalue weighted by atomic mass is 16.2. The van der Waals surface area contributed by atoms with Gasteiger partial charge in [0.25, 0.3) is 5.91 Å². The van der Waals surface area contributed by atoms with Gasteiger partial charge in [-0.15, -0.1) is 0 Å². The Kier molecular flexibility index (Phi) is 3.01. The number of hydrogen-bond acceptors (Lipinski definition) is 3. The molecule has 114 valence electrons. The summed E-state index contributed by atoms with van der Waals surface area (Å²) >= 11 is 0. The molecule has 0 radical (unpaired) electrons. The maximum absolute atomic E-state index is 12.8. The van der Waals surface area contributed by atoms with Crippen LogP contribution in [0.25, 0.3) is 21.8 Å². The molecule has 1 saturated heterocycles. The highest BCUT2D eigenvalue weighted by Crippen LogP contribution is 2.28. The largest absolute Gasteiger partial charge is 0.278 e. The lowest BCUT2D eigenvalue weighted by molar-refractivity contribution is -0.137. The van der Waals surface area contributed by atoms with Gasteiger partial charge in [0.1, 0.15) is 6.54 Å². The van der Waals surface area contributed by atoms with Gasteiger partial charge in [0.05, 0.1) is 11.0 Å². The molecule has 1 aliphatic heterocycles. The Bertz CT molecular complexity index is 901. The minimum absolute atomic E-state index is 0.194. The molecule has 0 N–H and O–H groups in total. The first kappa shape index (κ1) is 13.7. The van der Waals surface area contributed by atoms with Crippen LogP contribution in [0.1, 0.15) is 17.6 Å². The molecule has 0 unspecified atom stereocenters. The lowest BCUT2D eigenvalue weighted by Gasteiger charge is -2.14. The van der Waals surface area contributed by atoms with E-state index < -0.39 is 0 Å². The predicted molar refractivity (Wildman–Crippen MR) is 86.0 cm³/mol. The van der Waals surface area contributed by atoms with E-state index >= 15 is 0 Å². The number of aromatic nitrogens is 1. The van der Waals surface area contributed by atoms with Crippen LogP contribution in [0, 0.1) is 0 Å². The molecule has 0 atom stereocenters. The highest BCUT2D eigenvalue weighted by molar-refractivity contribution is 6.14. The summed E-state index contributed by atoms with van der Waals surface area (Å²) in [4.78, 5) is 37.4. The Morgan fingerprint density at radius 1 is 0.826 bits per heavy atom. The molecule has 2 heterocycles. The van der Waals surface area contributed by atoms with Crippen molar-refractivity contribution < 1.29 is 14.4 Å². The molecule has 0 saturated carbocycles. The Hall–Kier alpha value is -2.95. The molecule has 0 bridgehead atoms. The standard InChI is InChI=1S/C18H14N2O3/c21-16-9-10-17(22)19(16)11-18(23)20-14-7-3-1-5-12(14)13-6-2-4-8-15(13)20/h1-8H,9-11H2. The molecule has 2 aromatic carbocycles. The third-order valence-electron chi connectivity index (χ3n) is 4.28. The van der Waals surface area contributed by atoms with Gasteiger partial charge in [-0.25, -0.2) is 0 Å². The fourth-order valence-corrected chi connectivity index (χ4v) is 3.20. The van der Waals surface area contributed by atoms with E-state index in [2.05, 4.69) is 0 Å². The molecule has 4 rings (SSSR count). The summed E-state index contributed by atoms with van der Waals surface area (Å²) in [7, 11) is 0. The molecule has 1 aromatic heterocycles. The first-order valence-corrected chi connectivity index (χ1v) is 7.51. The van der Waals surface area contributed by atoms with E-state index in [4.69, 9.17) is 0 Å². The van der Waals surface area contributed by atoms with Gasteiger partial charge in [-0.3, -0.25) is 23.9 Å². The lowest BCUT2D eigenvalue weighted by atomic mass is 10.2. The number of benzene rings is 2. The van der Waals surface area contributed by atoms with Crippen molar-refractivity contribution in [3.8, 4) is 0 Å². The highest BCUT2D eigenvalue weighted by Gasteiger charge is 2.31. The topological polar surface area (TPSA) is 59.4 Å². The molecule has 1 fully saturated rings. The van der Waals surface area contributed by atoms with Crippen LogP contribution >= 0.6 is 0 Å². The van der Waals surface area contributed by atoms with Gasteiger partial charge in [-0.05, 0) is 12.1 Å². The average molecular weight is 306 g/mol. The normalized spacial score (nSPS) is 15.0. The molecular weight excluding hydrogens is 292 g/mol. The van der Waals surface area contributed by atoms with Crippen LogP contribution in [0.15, 0.2) is 48.5 Å². The zero-order valence-corrected chi connectivity index (χ0v) is 12.4. The van der Waals surface area contributed by atoms with Crippen LogP contribution in [0.2, 0.25) is 0 Å². The first-order chi connectivity index (χ1) is 11.2. The average Bonchev–Trinajstić information content (AvgIpc) is 3.07. The number of nitrogens with zero attached hydrogens (tertiary/aromatic N) is 2. The Morgan fingerprint density at radius 3 is 1.83 bits per heavy atom. The van der Waals surface area contributed by atoms with Gasteiger partial charge < -0.3 is 0 Å². The number of carbonyl (C=O) groups is 3. The van der Waals surface area contributed by atoms with Crippen molar-refractivity contribution in [3.63, 3.8) is 0 Å². The second kappa shape index (κ2) is 5.05. The predicted octanol–water partition coefficient (Wildman–Crippen LogP) is 2.58. The van der Waals surface area contributed by atoms with Crippen molar-refractivity contribution in [2.24, 2.45) is 0 Å². The number of hydrogen-bond donors (Lipinski definition) is 0. The van der Waals surface area contributed by atoms with Gasteiger partial charge >= 0.3 is 0 Å². The maximum atomic E-state index is 12.8. The molecule has 23 heavy (non-hydrogen) atoms. The summed E-state index contributed by atoms with van der Waals surface area (Å²) in [6.45, 7) is -0.208. The molecular formula is C18H14N2O3. The van der Waals surface area contributed by atoms with Crippen molar-refractivity contribution in [3.05, 3.63) is 48.5 Å². The van der Waals surface area contributed by atoms with Crippen LogP contribution in [0.5, 0.6) is 0 Å². The van der Waals surface area contributed by atoms with Gasteiger partial charge in [0.2, 0.25) is 11.8 Å². The monoisotopic (exact) mass is 306 g/mol. The van der Waals surface area contributed by atoms with Crippen molar-refractivity contribution in [1.82, 2.24) is 9.47 Å². The summed E-state index contributed by atoms with van der Waals surface area (Å²) < 4.78 is 1.60. The Balaban J connectivity index is 1.85.